The molecule has 1 saturated heterocycles. The lowest BCUT2D eigenvalue weighted by Crippen LogP contribution is -2.30. The molecule has 0 spiro atoms. The second-order valence-corrected chi connectivity index (χ2v) is 6.37. The van der Waals surface area contributed by atoms with Gasteiger partial charge in [0.25, 0.3) is 0 Å². The maximum absolute atomic E-state index is 12.2. The molecular weight excluding hydrogens is 264 g/mol. The minimum atomic E-state index is -3.50. The summed E-state index contributed by atoms with van der Waals surface area (Å²) in [5, 5.41) is 3.35. The van der Waals surface area contributed by atoms with Gasteiger partial charge in [0.1, 0.15) is 10.6 Å². The van der Waals surface area contributed by atoms with Crippen LogP contribution in [0.1, 0.15) is 19.3 Å². The van der Waals surface area contributed by atoms with Crippen LogP contribution in [0.3, 0.4) is 0 Å². The van der Waals surface area contributed by atoms with Gasteiger partial charge in [0.2, 0.25) is 10.0 Å². The molecule has 0 saturated carbocycles. The lowest BCUT2D eigenvalue weighted by Gasteiger charge is -2.12. The van der Waals surface area contributed by atoms with Gasteiger partial charge >= 0.3 is 0 Å². The molecule has 2 N–H and O–H groups in total. The van der Waals surface area contributed by atoms with Crippen LogP contribution in [0.25, 0.3) is 0 Å². The molecular formula is C13H20N2O3S. The molecule has 1 aliphatic heterocycles. The van der Waals surface area contributed by atoms with Crippen LogP contribution in [-0.4, -0.2) is 34.7 Å². The first-order valence-corrected chi connectivity index (χ1v) is 7.98. The Labute approximate surface area is 114 Å². The Balaban J connectivity index is 1.97. The zero-order chi connectivity index (χ0) is 13.7. The highest BCUT2D eigenvalue weighted by molar-refractivity contribution is 7.89. The summed E-state index contributed by atoms with van der Waals surface area (Å²) in [6, 6.07) is 7.07. The van der Waals surface area contributed by atoms with Crippen LogP contribution in [-0.2, 0) is 10.0 Å². The van der Waals surface area contributed by atoms with Crippen molar-refractivity contribution in [2.75, 3.05) is 20.2 Å². The molecule has 6 heteroatoms. The van der Waals surface area contributed by atoms with E-state index in [-0.39, 0.29) is 4.90 Å². The first kappa shape index (κ1) is 14.3. The van der Waals surface area contributed by atoms with Crippen LogP contribution >= 0.6 is 0 Å². The summed E-state index contributed by atoms with van der Waals surface area (Å²) in [5.41, 5.74) is 0. The molecule has 2 rings (SSSR count). The van der Waals surface area contributed by atoms with Gasteiger partial charge in [-0.1, -0.05) is 12.1 Å². The van der Waals surface area contributed by atoms with Crippen LogP contribution in [0, 0.1) is 0 Å². The van der Waals surface area contributed by atoms with Gasteiger partial charge in [-0.25, -0.2) is 13.1 Å². The summed E-state index contributed by atoms with van der Waals surface area (Å²) in [4.78, 5) is 0.192. The molecule has 1 aliphatic rings. The largest absolute Gasteiger partial charge is 0.495 e. The summed E-state index contributed by atoms with van der Waals surface area (Å²) in [6.45, 7) is 1.47. The van der Waals surface area contributed by atoms with Gasteiger partial charge in [0.15, 0.2) is 0 Å². The Morgan fingerprint density at radius 2 is 2.21 bits per heavy atom. The van der Waals surface area contributed by atoms with E-state index in [9.17, 15) is 8.42 Å². The third kappa shape index (κ3) is 3.68. The first-order valence-electron chi connectivity index (χ1n) is 6.49. The normalized spacial score (nSPS) is 19.5. The fourth-order valence-corrected chi connectivity index (χ4v) is 3.51. The summed E-state index contributed by atoms with van der Waals surface area (Å²) in [6.07, 6.45) is 3.11. The molecule has 0 bridgehead atoms. The molecule has 0 aliphatic carbocycles. The second-order valence-electron chi connectivity index (χ2n) is 4.63. The molecule has 1 aromatic carbocycles. The molecule has 0 amide bonds. The fourth-order valence-electron chi connectivity index (χ4n) is 2.29. The minimum absolute atomic E-state index is 0.192. The molecule has 1 aromatic rings. The van der Waals surface area contributed by atoms with Crippen molar-refractivity contribution in [2.24, 2.45) is 0 Å². The molecule has 0 unspecified atom stereocenters. The van der Waals surface area contributed by atoms with E-state index in [1.807, 2.05) is 0 Å². The van der Waals surface area contributed by atoms with Gasteiger partial charge in [-0.3, -0.25) is 0 Å². The average Bonchev–Trinajstić information content (AvgIpc) is 2.91. The standard InChI is InChI=1S/C13H20N2O3S/c1-18-12-6-2-3-7-13(12)19(16,17)15-10-8-11-5-4-9-14-11/h2-3,6-7,11,14-15H,4-5,8-10H2,1H3/t11-/m1/s1. The third-order valence-corrected chi connectivity index (χ3v) is 4.81. The van der Waals surface area contributed by atoms with E-state index in [0.29, 0.717) is 18.3 Å². The van der Waals surface area contributed by atoms with Gasteiger partial charge < -0.3 is 10.1 Å². The monoisotopic (exact) mass is 284 g/mol. The van der Waals surface area contributed by atoms with Gasteiger partial charge in [0, 0.05) is 12.6 Å². The van der Waals surface area contributed by atoms with Crippen molar-refractivity contribution in [3.05, 3.63) is 24.3 Å². The fraction of sp³-hybridized carbons (Fsp3) is 0.538. The zero-order valence-corrected chi connectivity index (χ0v) is 11.9. The van der Waals surface area contributed by atoms with Crippen LogP contribution in [0.5, 0.6) is 5.75 Å². The molecule has 1 atom stereocenters. The van der Waals surface area contributed by atoms with Crippen molar-refractivity contribution in [3.8, 4) is 5.75 Å². The van der Waals surface area contributed by atoms with Crippen LogP contribution < -0.4 is 14.8 Å². The number of nitrogens with one attached hydrogen (secondary N) is 2. The lowest BCUT2D eigenvalue weighted by molar-refractivity contribution is 0.402. The molecule has 106 valence electrons. The van der Waals surface area contributed by atoms with Crippen LogP contribution in [0.15, 0.2) is 29.2 Å². The maximum atomic E-state index is 12.2. The van der Waals surface area contributed by atoms with E-state index in [1.165, 1.54) is 13.5 Å². The molecule has 0 radical (unpaired) electrons. The molecule has 5 nitrogen and oxygen atoms in total. The van der Waals surface area contributed by atoms with Crippen molar-refractivity contribution < 1.29 is 13.2 Å². The Morgan fingerprint density at radius 3 is 2.89 bits per heavy atom. The van der Waals surface area contributed by atoms with E-state index in [4.69, 9.17) is 4.74 Å². The predicted octanol–water partition coefficient (Wildman–Crippen LogP) is 1.12. The number of rotatable bonds is 6. The Morgan fingerprint density at radius 1 is 1.42 bits per heavy atom. The highest BCUT2D eigenvalue weighted by Gasteiger charge is 2.20. The van der Waals surface area contributed by atoms with Gasteiger partial charge in [-0.05, 0) is 37.9 Å². The Hall–Kier alpha value is -1.11. The quantitative estimate of drug-likeness (QED) is 0.821. The molecule has 19 heavy (non-hydrogen) atoms. The molecule has 1 fully saturated rings. The number of methoxy groups -OCH3 is 1. The number of ether oxygens (including phenoxy) is 1. The number of para-hydroxylation sites is 1. The number of sulfonamides is 1. The minimum Gasteiger partial charge on any atom is -0.495 e. The summed E-state index contributed by atoms with van der Waals surface area (Å²) < 4.78 is 32.1. The van der Waals surface area contributed by atoms with Crippen molar-refractivity contribution in [1.82, 2.24) is 10.0 Å². The van der Waals surface area contributed by atoms with Crippen molar-refractivity contribution in [1.29, 1.82) is 0 Å². The van der Waals surface area contributed by atoms with E-state index in [2.05, 4.69) is 10.0 Å². The van der Waals surface area contributed by atoms with Crippen molar-refractivity contribution in [3.63, 3.8) is 0 Å². The van der Waals surface area contributed by atoms with Crippen LogP contribution in [0.2, 0.25) is 0 Å². The lowest BCUT2D eigenvalue weighted by atomic mass is 10.2. The number of hydrogen-bond acceptors (Lipinski definition) is 4. The molecule has 0 aromatic heterocycles. The maximum Gasteiger partial charge on any atom is 0.244 e. The summed E-state index contributed by atoms with van der Waals surface area (Å²) >= 11 is 0. The summed E-state index contributed by atoms with van der Waals surface area (Å²) in [7, 11) is -2.03. The smallest absolute Gasteiger partial charge is 0.244 e. The van der Waals surface area contributed by atoms with Crippen LogP contribution in [0.4, 0.5) is 0 Å². The van der Waals surface area contributed by atoms with E-state index in [1.54, 1.807) is 24.3 Å². The zero-order valence-electron chi connectivity index (χ0n) is 11.1. The van der Waals surface area contributed by atoms with E-state index in [0.717, 1.165) is 19.4 Å². The van der Waals surface area contributed by atoms with Gasteiger partial charge in [-0.15, -0.1) is 0 Å². The van der Waals surface area contributed by atoms with Gasteiger partial charge in [0.05, 0.1) is 7.11 Å². The first-order chi connectivity index (χ1) is 9.13. The third-order valence-electron chi connectivity index (χ3n) is 3.31. The Kier molecular flexibility index (Phi) is 4.79. The van der Waals surface area contributed by atoms with E-state index < -0.39 is 10.0 Å². The predicted molar refractivity (Wildman–Crippen MR) is 73.8 cm³/mol. The molecule has 1 heterocycles. The van der Waals surface area contributed by atoms with Crippen molar-refractivity contribution in [2.45, 2.75) is 30.2 Å². The van der Waals surface area contributed by atoms with Crippen molar-refractivity contribution >= 4 is 10.0 Å². The highest BCUT2D eigenvalue weighted by Crippen LogP contribution is 2.22. The van der Waals surface area contributed by atoms with E-state index >= 15 is 0 Å². The summed E-state index contributed by atoms with van der Waals surface area (Å²) in [5.74, 6) is 0.369. The van der Waals surface area contributed by atoms with Gasteiger partial charge in [-0.2, -0.15) is 0 Å². The topological polar surface area (TPSA) is 67.4 Å². The SMILES string of the molecule is COc1ccccc1S(=O)(=O)NCC[C@H]1CCCN1. The number of benzene rings is 1. The highest BCUT2D eigenvalue weighted by atomic mass is 32.2. The number of hydrogen-bond donors (Lipinski definition) is 2. The Bertz CT molecular complexity index is 510. The second kappa shape index (κ2) is 6.36. The average molecular weight is 284 g/mol.